The van der Waals surface area contributed by atoms with Gasteiger partial charge in [0.05, 0.1) is 30.7 Å². The van der Waals surface area contributed by atoms with E-state index in [1.165, 1.54) is 7.11 Å². The molecule has 39 heavy (non-hydrogen) atoms. The van der Waals surface area contributed by atoms with Gasteiger partial charge in [0.15, 0.2) is 0 Å². The average Bonchev–Trinajstić information content (AvgIpc) is 2.89. The summed E-state index contributed by atoms with van der Waals surface area (Å²) in [7, 11) is 1.50. The molecule has 0 bridgehead atoms. The Bertz CT molecular complexity index is 1260. The van der Waals surface area contributed by atoms with Crippen molar-refractivity contribution in [3.63, 3.8) is 0 Å². The van der Waals surface area contributed by atoms with E-state index in [9.17, 15) is 24.3 Å². The fourth-order valence-electron chi connectivity index (χ4n) is 4.98. The van der Waals surface area contributed by atoms with Crippen molar-refractivity contribution < 1.29 is 29.0 Å². The maximum atomic E-state index is 12.9. The number of urea groups is 2. The monoisotopic (exact) mass is 537 g/mol. The van der Waals surface area contributed by atoms with Crippen molar-refractivity contribution in [2.45, 2.75) is 38.6 Å². The molecule has 2 saturated heterocycles. The number of piperidine rings is 1. The molecule has 1 atom stereocenters. The Morgan fingerprint density at radius 2 is 1.77 bits per heavy atom. The predicted molar refractivity (Wildman–Crippen MR) is 146 cm³/mol. The van der Waals surface area contributed by atoms with Gasteiger partial charge < -0.3 is 35.6 Å². The number of hydrogen-bond donors (Lipinski definition) is 4. The number of carbonyl (C=O) groups is 4. The highest BCUT2D eigenvalue weighted by Gasteiger charge is 2.43. The van der Waals surface area contributed by atoms with Gasteiger partial charge in [-0.25, -0.2) is 9.59 Å². The smallest absolute Gasteiger partial charge is 0.323 e. The minimum Gasteiger partial charge on any atom is -0.495 e. The van der Waals surface area contributed by atoms with Gasteiger partial charge in [-0.3, -0.25) is 9.59 Å². The number of carboxylic acid groups (broad SMARTS) is 1. The van der Waals surface area contributed by atoms with Crippen molar-refractivity contribution >= 4 is 35.3 Å². The second kappa shape index (κ2) is 11.6. The number of para-hydroxylation sites is 1. The maximum absolute atomic E-state index is 12.9. The predicted octanol–water partition coefficient (Wildman–Crippen LogP) is 3.30. The summed E-state index contributed by atoms with van der Waals surface area (Å²) in [6.07, 6.45) is 1.37. The Hall–Kier alpha value is -4.28. The zero-order valence-electron chi connectivity index (χ0n) is 22.5. The molecule has 11 heteroatoms. The number of nitrogens with one attached hydrogen (secondary N) is 3. The van der Waals surface area contributed by atoms with Crippen LogP contribution in [0.25, 0.3) is 0 Å². The van der Waals surface area contributed by atoms with Crippen LogP contribution >= 0.6 is 0 Å². The molecule has 2 fully saturated rings. The molecule has 0 aromatic heterocycles. The fraction of sp³-hybridized carbons (Fsp3) is 0.429. The molecule has 0 radical (unpaired) electrons. The van der Waals surface area contributed by atoms with Crippen molar-refractivity contribution in [1.82, 2.24) is 15.1 Å². The first kappa shape index (κ1) is 27.7. The van der Waals surface area contributed by atoms with Crippen LogP contribution in [0, 0.1) is 12.8 Å². The molecule has 1 unspecified atom stereocenters. The Kier molecular flexibility index (Phi) is 8.27. The number of anilines is 2. The number of hydrogen-bond acceptors (Lipinski definition) is 5. The van der Waals surface area contributed by atoms with Crippen LogP contribution in [0.5, 0.6) is 5.75 Å². The molecule has 2 aromatic carbocycles. The van der Waals surface area contributed by atoms with Gasteiger partial charge in [-0.05, 0) is 56.0 Å². The van der Waals surface area contributed by atoms with Crippen molar-refractivity contribution in [3.8, 4) is 5.75 Å². The molecular weight excluding hydrogens is 502 g/mol. The first-order valence-corrected chi connectivity index (χ1v) is 12.9. The summed E-state index contributed by atoms with van der Waals surface area (Å²) < 4.78 is 5.44. The van der Waals surface area contributed by atoms with E-state index in [1.807, 2.05) is 38.1 Å². The zero-order valence-corrected chi connectivity index (χ0v) is 22.5. The highest BCUT2D eigenvalue weighted by atomic mass is 16.5. The minimum absolute atomic E-state index is 0.0919. The average molecular weight is 538 g/mol. The number of amides is 5. The lowest BCUT2D eigenvalue weighted by molar-refractivity contribution is -0.143. The number of aliphatic carboxylic acids is 1. The SMILES string of the molecule is COc1cc(CC(=O)N2CC(C)(NC(=O)N3CCCC(C(=O)O)C3)C2)ccc1NC(=O)Nc1ccccc1C. The zero-order chi connectivity index (χ0) is 28.2. The second-order valence-electron chi connectivity index (χ2n) is 10.5. The molecule has 208 valence electrons. The normalized spacial score (nSPS) is 18.0. The highest BCUT2D eigenvalue weighted by Crippen LogP contribution is 2.28. The van der Waals surface area contributed by atoms with Crippen LogP contribution in [0.4, 0.5) is 21.0 Å². The van der Waals surface area contributed by atoms with E-state index >= 15 is 0 Å². The van der Waals surface area contributed by atoms with Crippen LogP contribution in [0.3, 0.4) is 0 Å². The van der Waals surface area contributed by atoms with Gasteiger partial charge in [-0.15, -0.1) is 0 Å². The number of carbonyl (C=O) groups excluding carboxylic acids is 3. The third kappa shape index (κ3) is 6.78. The van der Waals surface area contributed by atoms with Crippen molar-refractivity contribution in [2.75, 3.05) is 43.9 Å². The Morgan fingerprint density at radius 3 is 2.46 bits per heavy atom. The number of methoxy groups -OCH3 is 1. The van der Waals surface area contributed by atoms with Crippen LogP contribution < -0.4 is 20.7 Å². The number of nitrogens with zero attached hydrogens (tertiary/aromatic N) is 2. The second-order valence-corrected chi connectivity index (χ2v) is 10.5. The van der Waals surface area contributed by atoms with Gasteiger partial charge in [0.2, 0.25) is 5.91 Å². The van der Waals surface area contributed by atoms with Crippen LogP contribution in [0.1, 0.15) is 30.9 Å². The summed E-state index contributed by atoms with van der Waals surface area (Å²) in [5.74, 6) is -1.09. The third-order valence-corrected chi connectivity index (χ3v) is 7.16. The molecule has 2 aliphatic rings. The van der Waals surface area contributed by atoms with E-state index in [2.05, 4.69) is 16.0 Å². The van der Waals surface area contributed by atoms with Gasteiger partial charge in [0.1, 0.15) is 5.75 Å². The van der Waals surface area contributed by atoms with E-state index in [-0.39, 0.29) is 24.9 Å². The van der Waals surface area contributed by atoms with Crippen molar-refractivity contribution in [1.29, 1.82) is 0 Å². The van der Waals surface area contributed by atoms with Crippen LogP contribution in [-0.4, -0.2) is 77.7 Å². The molecular formula is C28H35N5O6. The largest absolute Gasteiger partial charge is 0.495 e. The Balaban J connectivity index is 1.28. The number of likely N-dealkylation sites (tertiary alicyclic amines) is 2. The summed E-state index contributed by atoms with van der Waals surface area (Å²) in [6, 6.07) is 11.9. The maximum Gasteiger partial charge on any atom is 0.323 e. The van der Waals surface area contributed by atoms with E-state index < -0.39 is 23.5 Å². The molecule has 0 spiro atoms. The van der Waals surface area contributed by atoms with Gasteiger partial charge in [-0.1, -0.05) is 24.3 Å². The molecule has 5 amide bonds. The lowest BCUT2D eigenvalue weighted by Gasteiger charge is -2.49. The van der Waals surface area contributed by atoms with Gasteiger partial charge >= 0.3 is 18.0 Å². The van der Waals surface area contributed by atoms with Crippen LogP contribution in [0.15, 0.2) is 42.5 Å². The van der Waals surface area contributed by atoms with E-state index in [1.54, 1.807) is 28.0 Å². The third-order valence-electron chi connectivity index (χ3n) is 7.16. The molecule has 0 saturated carbocycles. The first-order valence-electron chi connectivity index (χ1n) is 12.9. The van der Waals surface area contributed by atoms with Gasteiger partial charge in [-0.2, -0.15) is 0 Å². The van der Waals surface area contributed by atoms with Crippen molar-refractivity contribution in [3.05, 3.63) is 53.6 Å². The fourth-order valence-corrected chi connectivity index (χ4v) is 4.98. The minimum atomic E-state index is -0.884. The van der Waals surface area contributed by atoms with Crippen LogP contribution in [-0.2, 0) is 16.0 Å². The van der Waals surface area contributed by atoms with Gasteiger partial charge in [0, 0.05) is 31.9 Å². The summed E-state index contributed by atoms with van der Waals surface area (Å²) >= 11 is 0. The molecule has 4 rings (SSSR count). The van der Waals surface area contributed by atoms with E-state index in [0.717, 1.165) is 11.1 Å². The van der Waals surface area contributed by atoms with E-state index in [4.69, 9.17) is 4.74 Å². The topological polar surface area (TPSA) is 140 Å². The molecule has 2 aliphatic heterocycles. The first-order chi connectivity index (χ1) is 18.6. The number of benzene rings is 2. The molecule has 2 aromatic rings. The van der Waals surface area contributed by atoms with E-state index in [0.29, 0.717) is 49.6 Å². The highest BCUT2D eigenvalue weighted by molar-refractivity contribution is 6.01. The Labute approximate surface area is 227 Å². The standard InChI is InChI=1S/C28H35N5O6/c1-18-7-4-5-9-21(18)29-26(37)30-22-11-10-19(13-23(22)39-3)14-24(34)33-16-28(2,17-33)31-27(38)32-12-6-8-20(15-32)25(35)36/h4-5,7,9-11,13,20H,6,8,12,14-17H2,1-3H3,(H,31,38)(H,35,36)(H2,29,30,37). The summed E-state index contributed by atoms with van der Waals surface area (Å²) in [5, 5.41) is 17.8. The van der Waals surface area contributed by atoms with Gasteiger partial charge in [0.25, 0.3) is 0 Å². The lowest BCUT2D eigenvalue weighted by atomic mass is 9.91. The Morgan fingerprint density at radius 1 is 1.05 bits per heavy atom. The quantitative estimate of drug-likeness (QED) is 0.427. The molecule has 0 aliphatic carbocycles. The van der Waals surface area contributed by atoms with Crippen molar-refractivity contribution in [2.24, 2.45) is 5.92 Å². The number of carboxylic acids is 1. The molecule has 2 heterocycles. The summed E-state index contributed by atoms with van der Waals surface area (Å²) in [5.41, 5.74) is 2.27. The summed E-state index contributed by atoms with van der Waals surface area (Å²) in [6.45, 7) is 5.22. The number of ether oxygens (including phenoxy) is 1. The molecule has 4 N–H and O–H groups in total. The number of rotatable bonds is 7. The number of aryl methyl sites for hydroxylation is 1. The summed E-state index contributed by atoms with van der Waals surface area (Å²) in [4.78, 5) is 52.6. The molecule has 11 nitrogen and oxygen atoms in total. The van der Waals surface area contributed by atoms with Crippen LogP contribution in [0.2, 0.25) is 0 Å². The lowest BCUT2D eigenvalue weighted by Crippen LogP contribution is -2.71.